The first-order valence-corrected chi connectivity index (χ1v) is 9.60. The molecule has 0 radical (unpaired) electrons. The maximum absolute atomic E-state index is 12.8. The van der Waals surface area contributed by atoms with E-state index in [4.69, 9.17) is 4.74 Å². The van der Waals surface area contributed by atoms with Crippen molar-refractivity contribution >= 4 is 17.5 Å². The number of nitrogens with one attached hydrogen (secondary N) is 2. The minimum atomic E-state index is -0.341. The van der Waals surface area contributed by atoms with Gasteiger partial charge in [-0.05, 0) is 50.5 Å². The fourth-order valence-electron chi connectivity index (χ4n) is 3.05. The van der Waals surface area contributed by atoms with Gasteiger partial charge in [-0.2, -0.15) is 0 Å². The van der Waals surface area contributed by atoms with Crippen LogP contribution in [0.1, 0.15) is 25.1 Å². The van der Waals surface area contributed by atoms with E-state index in [0.717, 1.165) is 30.5 Å². The van der Waals surface area contributed by atoms with Crippen molar-refractivity contribution in [2.45, 2.75) is 26.2 Å². The van der Waals surface area contributed by atoms with Gasteiger partial charge >= 0.3 is 0 Å². The summed E-state index contributed by atoms with van der Waals surface area (Å²) in [5.74, 6) is 2.31. The molecule has 8 heteroatoms. The molecule has 1 fully saturated rings. The van der Waals surface area contributed by atoms with Crippen molar-refractivity contribution in [2.24, 2.45) is 0 Å². The van der Waals surface area contributed by atoms with E-state index in [1.807, 2.05) is 13.0 Å². The highest BCUT2D eigenvalue weighted by atomic mass is 19.1. The summed E-state index contributed by atoms with van der Waals surface area (Å²) in [7, 11) is 0. The number of ether oxygens (including phenoxy) is 1. The van der Waals surface area contributed by atoms with E-state index < -0.39 is 0 Å². The summed E-state index contributed by atoms with van der Waals surface area (Å²) in [4.78, 5) is 23.1. The molecule has 3 rings (SSSR count). The van der Waals surface area contributed by atoms with Gasteiger partial charge in [-0.1, -0.05) is 0 Å². The van der Waals surface area contributed by atoms with Gasteiger partial charge in [0.1, 0.15) is 29.0 Å². The summed E-state index contributed by atoms with van der Waals surface area (Å²) in [6, 6.07) is 7.51. The Morgan fingerprint density at radius 1 is 1.14 bits per heavy atom. The Labute approximate surface area is 164 Å². The third-order valence-electron chi connectivity index (χ3n) is 4.44. The zero-order chi connectivity index (χ0) is 19.8. The average Bonchev–Trinajstić information content (AvgIpc) is 2.71. The Kier molecular flexibility index (Phi) is 7.00. The fourth-order valence-corrected chi connectivity index (χ4v) is 3.05. The zero-order valence-corrected chi connectivity index (χ0v) is 16.1. The Bertz CT molecular complexity index is 779. The highest BCUT2D eigenvalue weighted by molar-refractivity contribution is 5.77. The van der Waals surface area contributed by atoms with Crippen molar-refractivity contribution in [3.05, 3.63) is 42.0 Å². The smallest absolute Gasteiger partial charge is 0.258 e. The summed E-state index contributed by atoms with van der Waals surface area (Å²) in [5.41, 5.74) is 0. The van der Waals surface area contributed by atoms with Gasteiger partial charge in [-0.15, -0.1) is 0 Å². The lowest BCUT2D eigenvalue weighted by molar-refractivity contribution is -0.123. The van der Waals surface area contributed by atoms with Gasteiger partial charge < -0.3 is 20.3 Å². The first-order chi connectivity index (χ1) is 13.6. The molecule has 1 aromatic carbocycles. The number of carbonyl (C=O) groups is 1. The van der Waals surface area contributed by atoms with Crippen molar-refractivity contribution in [2.75, 3.05) is 43.0 Å². The van der Waals surface area contributed by atoms with Crippen LogP contribution in [0.4, 0.5) is 16.0 Å². The first kappa shape index (κ1) is 19.9. The molecule has 0 spiro atoms. The lowest BCUT2D eigenvalue weighted by Crippen LogP contribution is -2.33. The maximum atomic E-state index is 12.8. The van der Waals surface area contributed by atoms with Crippen molar-refractivity contribution in [1.82, 2.24) is 15.3 Å². The number of amides is 1. The first-order valence-electron chi connectivity index (χ1n) is 9.60. The lowest BCUT2D eigenvalue weighted by Gasteiger charge is -2.28. The molecule has 7 nitrogen and oxygen atoms in total. The number of carbonyl (C=O) groups excluding carboxylic acids is 1. The van der Waals surface area contributed by atoms with Gasteiger partial charge in [-0.25, -0.2) is 14.4 Å². The number of piperidine rings is 1. The number of hydrogen-bond donors (Lipinski definition) is 2. The van der Waals surface area contributed by atoms with Gasteiger partial charge in [0.25, 0.3) is 5.91 Å². The lowest BCUT2D eigenvalue weighted by atomic mass is 10.1. The second-order valence-corrected chi connectivity index (χ2v) is 6.73. The van der Waals surface area contributed by atoms with Crippen LogP contribution in [-0.4, -0.2) is 48.7 Å². The molecule has 1 aliphatic rings. The van der Waals surface area contributed by atoms with E-state index in [9.17, 15) is 9.18 Å². The molecule has 1 aliphatic heterocycles. The van der Waals surface area contributed by atoms with Crippen molar-refractivity contribution in [3.63, 3.8) is 0 Å². The molecular weight excluding hydrogens is 361 g/mol. The maximum Gasteiger partial charge on any atom is 0.258 e. The van der Waals surface area contributed by atoms with Gasteiger partial charge in [0.05, 0.1) is 0 Å². The fraction of sp³-hybridized carbons (Fsp3) is 0.450. The predicted molar refractivity (Wildman–Crippen MR) is 106 cm³/mol. The largest absolute Gasteiger partial charge is 0.484 e. The standard InChI is InChI=1S/C20H26FN5O2/c1-15-24-18(13-19(25-15)26-11-3-2-4-12-26)22-9-10-23-20(27)14-28-17-7-5-16(21)6-8-17/h5-8,13H,2-4,9-12,14H2,1H3,(H,23,27)(H,22,24,25). The van der Waals surface area contributed by atoms with Crippen LogP contribution < -0.4 is 20.3 Å². The number of aromatic nitrogens is 2. The Morgan fingerprint density at radius 2 is 1.89 bits per heavy atom. The third-order valence-corrected chi connectivity index (χ3v) is 4.44. The van der Waals surface area contributed by atoms with Gasteiger partial charge in [0, 0.05) is 32.2 Å². The van der Waals surface area contributed by atoms with Crippen LogP contribution in [-0.2, 0) is 4.79 Å². The van der Waals surface area contributed by atoms with Gasteiger partial charge in [-0.3, -0.25) is 4.79 Å². The molecule has 0 aliphatic carbocycles. The van der Waals surface area contributed by atoms with E-state index in [0.29, 0.717) is 18.8 Å². The highest BCUT2D eigenvalue weighted by Gasteiger charge is 2.13. The molecule has 0 saturated carbocycles. The third kappa shape index (κ3) is 6.07. The van der Waals surface area contributed by atoms with Crippen LogP contribution in [0.3, 0.4) is 0 Å². The molecule has 2 N–H and O–H groups in total. The van der Waals surface area contributed by atoms with E-state index in [2.05, 4.69) is 25.5 Å². The number of aryl methyl sites for hydroxylation is 1. The Hall–Kier alpha value is -2.90. The summed E-state index contributed by atoms with van der Waals surface area (Å²) in [6.45, 7) is 4.80. The van der Waals surface area contributed by atoms with Crippen LogP contribution in [0.25, 0.3) is 0 Å². The number of anilines is 2. The minimum Gasteiger partial charge on any atom is -0.484 e. The van der Waals surface area contributed by atoms with Crippen molar-refractivity contribution < 1.29 is 13.9 Å². The van der Waals surface area contributed by atoms with Crippen LogP contribution in [0, 0.1) is 12.7 Å². The normalized spacial score (nSPS) is 13.9. The van der Waals surface area contributed by atoms with E-state index in [-0.39, 0.29) is 18.3 Å². The van der Waals surface area contributed by atoms with Gasteiger partial charge in [0.2, 0.25) is 0 Å². The number of halogens is 1. The molecule has 1 amide bonds. The molecule has 2 heterocycles. The molecular formula is C20H26FN5O2. The summed E-state index contributed by atoms with van der Waals surface area (Å²) < 4.78 is 18.1. The van der Waals surface area contributed by atoms with Crippen LogP contribution in [0.5, 0.6) is 5.75 Å². The van der Waals surface area contributed by atoms with Crippen LogP contribution >= 0.6 is 0 Å². The van der Waals surface area contributed by atoms with Gasteiger partial charge in [0.15, 0.2) is 6.61 Å². The summed E-state index contributed by atoms with van der Waals surface area (Å²) in [5, 5.41) is 6.00. The van der Waals surface area contributed by atoms with E-state index in [1.165, 1.54) is 43.5 Å². The molecule has 0 bridgehead atoms. The number of hydrogen-bond acceptors (Lipinski definition) is 6. The monoisotopic (exact) mass is 387 g/mol. The Balaban J connectivity index is 1.40. The molecule has 0 atom stereocenters. The molecule has 1 saturated heterocycles. The predicted octanol–water partition coefficient (Wildman–Crippen LogP) is 2.52. The summed E-state index contributed by atoms with van der Waals surface area (Å²) >= 11 is 0. The number of nitrogens with zero attached hydrogens (tertiary/aromatic N) is 3. The SMILES string of the molecule is Cc1nc(NCCNC(=O)COc2ccc(F)cc2)cc(N2CCCCC2)n1. The summed E-state index contributed by atoms with van der Waals surface area (Å²) in [6.07, 6.45) is 3.66. The minimum absolute atomic E-state index is 0.114. The van der Waals surface area contributed by atoms with E-state index >= 15 is 0 Å². The second kappa shape index (κ2) is 9.87. The molecule has 0 unspecified atom stereocenters. The highest BCUT2D eigenvalue weighted by Crippen LogP contribution is 2.20. The zero-order valence-electron chi connectivity index (χ0n) is 16.1. The molecule has 28 heavy (non-hydrogen) atoms. The topological polar surface area (TPSA) is 79.4 Å². The van der Waals surface area contributed by atoms with Crippen LogP contribution in [0.15, 0.2) is 30.3 Å². The van der Waals surface area contributed by atoms with Crippen LogP contribution in [0.2, 0.25) is 0 Å². The Morgan fingerprint density at radius 3 is 2.64 bits per heavy atom. The molecule has 2 aromatic rings. The average molecular weight is 387 g/mol. The van der Waals surface area contributed by atoms with E-state index in [1.54, 1.807) is 0 Å². The van der Waals surface area contributed by atoms with Crippen molar-refractivity contribution in [3.8, 4) is 5.75 Å². The number of rotatable bonds is 8. The molecule has 1 aromatic heterocycles. The quantitative estimate of drug-likeness (QED) is 0.678. The van der Waals surface area contributed by atoms with Crippen molar-refractivity contribution in [1.29, 1.82) is 0 Å². The molecule has 150 valence electrons. The number of benzene rings is 1. The second-order valence-electron chi connectivity index (χ2n) is 6.73.